The van der Waals surface area contributed by atoms with Gasteiger partial charge in [-0.25, -0.2) is 4.98 Å². The summed E-state index contributed by atoms with van der Waals surface area (Å²) in [6.07, 6.45) is 7.15. The lowest BCUT2D eigenvalue weighted by Gasteiger charge is -2.04. The van der Waals surface area contributed by atoms with Crippen LogP contribution in [0.2, 0.25) is 0 Å². The molecule has 0 saturated heterocycles. The maximum absolute atomic E-state index is 4.24. The van der Waals surface area contributed by atoms with E-state index in [1.807, 2.05) is 12.3 Å². The first kappa shape index (κ1) is 11.2. The molecule has 0 radical (unpaired) electrons. The molecule has 0 fully saturated rings. The minimum Gasteiger partial charge on any atom is -0.367 e. The number of anilines is 1. The molecule has 0 spiro atoms. The van der Waals surface area contributed by atoms with Gasteiger partial charge in [0.05, 0.1) is 0 Å². The topological polar surface area (TPSA) is 24.9 Å². The number of aromatic nitrogens is 1. The Labute approximate surface area is 93.6 Å². The van der Waals surface area contributed by atoms with E-state index in [9.17, 15) is 0 Å². The molecule has 1 aromatic rings. The molecule has 14 heavy (non-hydrogen) atoms. The summed E-state index contributed by atoms with van der Waals surface area (Å²) in [5.41, 5.74) is 1.20. The number of hydrogen-bond acceptors (Lipinski definition) is 2. The van der Waals surface area contributed by atoms with Crippen molar-refractivity contribution < 1.29 is 0 Å². The van der Waals surface area contributed by atoms with Gasteiger partial charge < -0.3 is 5.32 Å². The van der Waals surface area contributed by atoms with Gasteiger partial charge >= 0.3 is 0 Å². The maximum atomic E-state index is 4.24. The highest BCUT2D eigenvalue weighted by Crippen LogP contribution is 2.16. The molecular formula is C11H15BrN2. The first-order chi connectivity index (χ1) is 6.74. The van der Waals surface area contributed by atoms with E-state index in [1.54, 1.807) is 0 Å². The molecule has 0 aliphatic rings. The van der Waals surface area contributed by atoms with Crippen molar-refractivity contribution in [2.45, 2.75) is 20.3 Å². The van der Waals surface area contributed by atoms with Crippen molar-refractivity contribution in [2.24, 2.45) is 0 Å². The molecule has 76 valence electrons. The lowest BCUT2D eigenvalue weighted by Crippen LogP contribution is -2.00. The van der Waals surface area contributed by atoms with Gasteiger partial charge in [0.25, 0.3) is 0 Å². The summed E-state index contributed by atoms with van der Waals surface area (Å²) in [5.74, 6) is 0.923. The van der Waals surface area contributed by atoms with Crippen molar-refractivity contribution in [1.82, 2.24) is 4.98 Å². The fourth-order valence-corrected chi connectivity index (χ4v) is 1.27. The van der Waals surface area contributed by atoms with Crippen molar-refractivity contribution in [3.05, 3.63) is 34.5 Å². The third kappa shape index (κ3) is 3.50. The fourth-order valence-electron chi connectivity index (χ4n) is 1.05. The van der Waals surface area contributed by atoms with Crippen LogP contribution < -0.4 is 5.32 Å². The Hall–Kier alpha value is -0.830. The van der Waals surface area contributed by atoms with Gasteiger partial charge in [-0.2, -0.15) is 0 Å². The minimum atomic E-state index is 0.835. The lowest BCUT2D eigenvalue weighted by molar-refractivity contribution is 1.17. The van der Waals surface area contributed by atoms with Crippen LogP contribution in [-0.2, 0) is 0 Å². The van der Waals surface area contributed by atoms with Gasteiger partial charge in [0.1, 0.15) is 5.82 Å². The quantitative estimate of drug-likeness (QED) is 0.832. The van der Waals surface area contributed by atoms with E-state index in [1.165, 1.54) is 5.56 Å². The molecule has 0 amide bonds. The molecule has 0 saturated carbocycles. The van der Waals surface area contributed by atoms with Crippen LogP contribution in [0.5, 0.6) is 0 Å². The van der Waals surface area contributed by atoms with Crippen LogP contribution >= 0.6 is 15.9 Å². The average Bonchev–Trinajstić information content (AvgIpc) is 2.18. The summed E-state index contributed by atoms with van der Waals surface area (Å²) in [6.45, 7) is 5.01. The smallest absolute Gasteiger partial charge is 0.126 e. The van der Waals surface area contributed by atoms with Crippen LogP contribution in [0.3, 0.4) is 0 Å². The zero-order valence-corrected chi connectivity index (χ0v) is 10.1. The third-order valence-electron chi connectivity index (χ3n) is 1.85. The summed E-state index contributed by atoms with van der Waals surface area (Å²) in [7, 11) is 0. The second-order valence-corrected chi connectivity index (χ2v) is 3.93. The molecule has 1 heterocycles. The number of pyridine rings is 1. The molecule has 1 rings (SSSR count). The molecule has 0 aliphatic carbocycles. The van der Waals surface area contributed by atoms with Gasteiger partial charge in [0.2, 0.25) is 0 Å². The molecule has 3 heteroatoms. The summed E-state index contributed by atoms with van der Waals surface area (Å²) < 4.78 is 1.05. The van der Waals surface area contributed by atoms with Crippen LogP contribution in [0.25, 0.3) is 0 Å². The Morgan fingerprint density at radius 1 is 1.50 bits per heavy atom. The molecular weight excluding hydrogens is 240 g/mol. The first-order valence-electron chi connectivity index (χ1n) is 4.75. The summed E-state index contributed by atoms with van der Waals surface area (Å²) in [5, 5.41) is 3.23. The van der Waals surface area contributed by atoms with Crippen molar-refractivity contribution in [1.29, 1.82) is 0 Å². The number of nitrogens with zero attached hydrogens (tertiary/aromatic N) is 1. The summed E-state index contributed by atoms with van der Waals surface area (Å²) in [6, 6.07) is 2.03. The van der Waals surface area contributed by atoms with E-state index in [0.717, 1.165) is 23.3 Å². The Balaban J connectivity index is 2.51. The minimum absolute atomic E-state index is 0.835. The fraction of sp³-hybridized carbons (Fsp3) is 0.364. The number of rotatable bonds is 4. The summed E-state index contributed by atoms with van der Waals surface area (Å²) in [4.78, 5) is 4.24. The normalized spacial score (nSPS) is 10.8. The second kappa shape index (κ2) is 5.81. The van der Waals surface area contributed by atoms with Gasteiger partial charge in [-0.3, -0.25) is 0 Å². The van der Waals surface area contributed by atoms with Gasteiger partial charge in [-0.15, -0.1) is 0 Å². The molecule has 0 bridgehead atoms. The molecule has 1 aromatic heterocycles. The zero-order valence-electron chi connectivity index (χ0n) is 8.55. The number of aryl methyl sites for hydroxylation is 1. The Morgan fingerprint density at radius 2 is 2.29 bits per heavy atom. The lowest BCUT2D eigenvalue weighted by atomic mass is 10.3. The van der Waals surface area contributed by atoms with E-state index >= 15 is 0 Å². The first-order valence-corrected chi connectivity index (χ1v) is 5.54. The van der Waals surface area contributed by atoms with E-state index in [0.29, 0.717) is 0 Å². The van der Waals surface area contributed by atoms with Crippen molar-refractivity contribution >= 4 is 21.7 Å². The molecule has 0 aliphatic heterocycles. The third-order valence-corrected chi connectivity index (χ3v) is 2.68. The SMILES string of the molecule is CC/C=C/CNc1cc(C)c(Br)cn1. The molecule has 0 unspecified atom stereocenters. The molecule has 0 aromatic carbocycles. The van der Waals surface area contributed by atoms with Crippen molar-refractivity contribution in [2.75, 3.05) is 11.9 Å². The van der Waals surface area contributed by atoms with Gasteiger partial charge in [0, 0.05) is 17.2 Å². The molecule has 1 N–H and O–H groups in total. The second-order valence-electron chi connectivity index (χ2n) is 3.08. The predicted molar refractivity (Wildman–Crippen MR) is 64.6 cm³/mol. The number of halogens is 1. The van der Waals surface area contributed by atoms with Crippen LogP contribution in [0.4, 0.5) is 5.82 Å². The van der Waals surface area contributed by atoms with E-state index in [2.05, 4.69) is 52.2 Å². The highest BCUT2D eigenvalue weighted by atomic mass is 79.9. The van der Waals surface area contributed by atoms with E-state index in [4.69, 9.17) is 0 Å². The van der Waals surface area contributed by atoms with Gasteiger partial charge in [-0.05, 0) is 40.9 Å². The van der Waals surface area contributed by atoms with Gasteiger partial charge in [0.15, 0.2) is 0 Å². The standard InChI is InChI=1S/C11H15BrN2/c1-3-4-5-6-13-11-7-9(2)10(12)8-14-11/h4-5,7-8H,3,6H2,1-2H3,(H,13,14)/b5-4+. The van der Waals surface area contributed by atoms with Crippen molar-refractivity contribution in [3.63, 3.8) is 0 Å². The number of allylic oxidation sites excluding steroid dienone is 1. The largest absolute Gasteiger partial charge is 0.367 e. The monoisotopic (exact) mass is 254 g/mol. The van der Waals surface area contributed by atoms with E-state index in [-0.39, 0.29) is 0 Å². The predicted octanol–water partition coefficient (Wildman–Crippen LogP) is 3.53. The maximum Gasteiger partial charge on any atom is 0.126 e. The van der Waals surface area contributed by atoms with Crippen LogP contribution in [0, 0.1) is 6.92 Å². The number of nitrogens with one attached hydrogen (secondary N) is 1. The summed E-state index contributed by atoms with van der Waals surface area (Å²) >= 11 is 3.42. The van der Waals surface area contributed by atoms with Crippen LogP contribution in [0.15, 0.2) is 28.9 Å². The van der Waals surface area contributed by atoms with Crippen LogP contribution in [-0.4, -0.2) is 11.5 Å². The zero-order chi connectivity index (χ0) is 10.4. The Kier molecular flexibility index (Phi) is 4.66. The van der Waals surface area contributed by atoms with Gasteiger partial charge in [-0.1, -0.05) is 19.1 Å². The Bertz CT molecular complexity index is 321. The van der Waals surface area contributed by atoms with Crippen molar-refractivity contribution in [3.8, 4) is 0 Å². The van der Waals surface area contributed by atoms with Crippen LogP contribution in [0.1, 0.15) is 18.9 Å². The Morgan fingerprint density at radius 3 is 2.93 bits per heavy atom. The molecule has 2 nitrogen and oxygen atoms in total. The molecule has 0 atom stereocenters. The number of hydrogen-bond donors (Lipinski definition) is 1. The highest BCUT2D eigenvalue weighted by molar-refractivity contribution is 9.10. The van der Waals surface area contributed by atoms with E-state index < -0.39 is 0 Å². The average molecular weight is 255 g/mol. The highest BCUT2D eigenvalue weighted by Gasteiger charge is 1.96.